The highest BCUT2D eigenvalue weighted by Gasteiger charge is 2.02. The van der Waals surface area contributed by atoms with Crippen molar-refractivity contribution in [1.29, 1.82) is 0 Å². The molecule has 0 amide bonds. The number of ether oxygens (including phenoxy) is 2. The summed E-state index contributed by atoms with van der Waals surface area (Å²) in [5, 5.41) is 0. The molecule has 0 aromatic heterocycles. The molecule has 3 rings (SSSR count). The van der Waals surface area contributed by atoms with Gasteiger partial charge < -0.3 is 9.47 Å². The molecule has 0 saturated heterocycles. The van der Waals surface area contributed by atoms with Gasteiger partial charge in [-0.15, -0.1) is 0 Å². The molecule has 0 aliphatic heterocycles. The fraction of sp³-hybridized carbons (Fsp3) is 0.250. The number of benzene rings is 3. The van der Waals surface area contributed by atoms with Gasteiger partial charge in [0.2, 0.25) is 0 Å². The maximum Gasteiger partial charge on any atom is 0.131 e. The average molecular weight is 351 g/mol. The van der Waals surface area contributed by atoms with Crippen LogP contribution in [0.2, 0.25) is 0 Å². The van der Waals surface area contributed by atoms with Gasteiger partial charge in [0.15, 0.2) is 0 Å². The van der Waals surface area contributed by atoms with Gasteiger partial charge in [-0.2, -0.15) is 0 Å². The highest BCUT2D eigenvalue weighted by Crippen LogP contribution is 2.28. The first-order chi connectivity index (χ1) is 12.7. The van der Waals surface area contributed by atoms with Crippen LogP contribution in [0.1, 0.15) is 38.8 Å². The summed E-state index contributed by atoms with van der Waals surface area (Å²) in [6.45, 7) is 12.1. The largest absolute Gasteiger partial charge is 0.457 e. The molecular formula is C24H30O2. The molecule has 0 bridgehead atoms. The Morgan fingerprint density at radius 2 is 0.769 bits per heavy atom. The first kappa shape index (κ1) is 21.3. The summed E-state index contributed by atoms with van der Waals surface area (Å²) in [5.41, 5.74) is 2.34. The minimum Gasteiger partial charge on any atom is -0.457 e. The first-order valence-corrected chi connectivity index (χ1v) is 9.28. The van der Waals surface area contributed by atoms with Crippen LogP contribution in [0.3, 0.4) is 0 Å². The fourth-order valence-electron chi connectivity index (χ4n) is 2.23. The second-order valence-corrected chi connectivity index (χ2v) is 5.31. The van der Waals surface area contributed by atoms with E-state index in [1.165, 1.54) is 11.1 Å². The Bertz CT molecular complexity index is 716. The van der Waals surface area contributed by atoms with Gasteiger partial charge in [0.05, 0.1) is 0 Å². The Balaban J connectivity index is 0.000000791. The first-order valence-electron chi connectivity index (χ1n) is 9.28. The van der Waals surface area contributed by atoms with Crippen molar-refractivity contribution >= 4 is 0 Å². The van der Waals surface area contributed by atoms with E-state index in [4.69, 9.17) is 9.47 Å². The number of hydrogen-bond acceptors (Lipinski definition) is 2. The van der Waals surface area contributed by atoms with Crippen LogP contribution in [0.5, 0.6) is 23.0 Å². The molecule has 0 unspecified atom stereocenters. The summed E-state index contributed by atoms with van der Waals surface area (Å²) in [4.78, 5) is 0. The lowest BCUT2D eigenvalue weighted by Crippen LogP contribution is -1.88. The maximum absolute atomic E-state index is 5.88. The van der Waals surface area contributed by atoms with Crippen LogP contribution in [0.15, 0.2) is 72.8 Å². The molecule has 0 saturated carbocycles. The molecule has 3 aromatic carbocycles. The zero-order valence-corrected chi connectivity index (χ0v) is 16.7. The second kappa shape index (κ2) is 11.8. The highest BCUT2D eigenvalue weighted by atomic mass is 16.5. The fourth-order valence-corrected chi connectivity index (χ4v) is 2.23. The predicted molar refractivity (Wildman–Crippen MR) is 112 cm³/mol. The van der Waals surface area contributed by atoms with E-state index in [2.05, 4.69) is 0 Å². The quantitative estimate of drug-likeness (QED) is 0.475. The van der Waals surface area contributed by atoms with Crippen LogP contribution < -0.4 is 9.47 Å². The Morgan fingerprint density at radius 1 is 0.462 bits per heavy atom. The van der Waals surface area contributed by atoms with Crippen molar-refractivity contribution in [2.75, 3.05) is 0 Å². The molecule has 0 spiro atoms. The van der Waals surface area contributed by atoms with Crippen LogP contribution in [-0.2, 0) is 0 Å². The Morgan fingerprint density at radius 3 is 1.12 bits per heavy atom. The average Bonchev–Trinajstić information content (AvgIpc) is 2.65. The van der Waals surface area contributed by atoms with E-state index in [0.717, 1.165) is 23.0 Å². The third-order valence-electron chi connectivity index (χ3n) is 3.26. The van der Waals surface area contributed by atoms with Gasteiger partial charge in [-0.25, -0.2) is 0 Å². The molecule has 0 fully saturated rings. The van der Waals surface area contributed by atoms with Gasteiger partial charge in [-0.1, -0.05) is 58.0 Å². The van der Waals surface area contributed by atoms with Gasteiger partial charge in [0, 0.05) is 6.07 Å². The van der Waals surface area contributed by atoms with E-state index in [1.54, 1.807) is 0 Å². The Labute approximate surface area is 158 Å². The molecule has 0 aliphatic carbocycles. The van der Waals surface area contributed by atoms with Crippen molar-refractivity contribution in [1.82, 2.24) is 0 Å². The van der Waals surface area contributed by atoms with Crippen molar-refractivity contribution in [2.45, 2.75) is 41.5 Å². The van der Waals surface area contributed by atoms with Gasteiger partial charge in [0.1, 0.15) is 23.0 Å². The second-order valence-electron chi connectivity index (χ2n) is 5.31. The summed E-state index contributed by atoms with van der Waals surface area (Å²) in [6.07, 6.45) is 0. The Kier molecular flexibility index (Phi) is 9.63. The van der Waals surface area contributed by atoms with Crippen molar-refractivity contribution < 1.29 is 9.47 Å². The summed E-state index contributed by atoms with van der Waals surface area (Å²) in [7, 11) is 0. The summed E-state index contributed by atoms with van der Waals surface area (Å²) >= 11 is 0. The molecule has 0 aliphatic rings. The lowest BCUT2D eigenvalue weighted by Gasteiger charge is -2.10. The molecule has 138 valence electrons. The topological polar surface area (TPSA) is 18.5 Å². The number of hydrogen-bond donors (Lipinski definition) is 0. The predicted octanol–water partition coefficient (Wildman–Crippen LogP) is 7.94. The number of aryl methyl sites for hydroxylation is 2. The zero-order chi connectivity index (χ0) is 19.4. The van der Waals surface area contributed by atoms with E-state index in [-0.39, 0.29) is 0 Å². The number of rotatable bonds is 4. The molecule has 0 radical (unpaired) electrons. The smallest absolute Gasteiger partial charge is 0.131 e. The van der Waals surface area contributed by atoms with E-state index >= 15 is 0 Å². The minimum atomic E-state index is 0.760. The normalized spacial score (nSPS) is 9.15. The molecule has 26 heavy (non-hydrogen) atoms. The summed E-state index contributed by atoms with van der Waals surface area (Å²) in [6, 6.07) is 23.6. The zero-order valence-electron chi connectivity index (χ0n) is 16.7. The minimum absolute atomic E-state index is 0.760. The standard InChI is InChI=1S/C20H18O2.2C2H6/c1-15-6-3-8-17(12-15)21-19-10-5-11-20(14-19)22-18-9-4-7-16(2)13-18;2*1-2/h3-14H,1-2H3;2*1-2H3. The summed E-state index contributed by atoms with van der Waals surface area (Å²) in [5.74, 6) is 3.17. The monoisotopic (exact) mass is 350 g/mol. The molecule has 2 nitrogen and oxygen atoms in total. The SMILES string of the molecule is CC.CC.Cc1cccc(Oc2cccc(Oc3cccc(C)c3)c2)c1. The lowest BCUT2D eigenvalue weighted by atomic mass is 10.2. The van der Waals surface area contributed by atoms with E-state index in [9.17, 15) is 0 Å². The van der Waals surface area contributed by atoms with Crippen molar-refractivity contribution in [3.63, 3.8) is 0 Å². The molecular weight excluding hydrogens is 320 g/mol. The van der Waals surface area contributed by atoms with Crippen LogP contribution in [-0.4, -0.2) is 0 Å². The van der Waals surface area contributed by atoms with E-state index in [0.29, 0.717) is 0 Å². The van der Waals surface area contributed by atoms with Crippen molar-refractivity contribution in [2.24, 2.45) is 0 Å². The van der Waals surface area contributed by atoms with Crippen LogP contribution in [0.25, 0.3) is 0 Å². The van der Waals surface area contributed by atoms with Crippen LogP contribution in [0, 0.1) is 13.8 Å². The lowest BCUT2D eigenvalue weighted by molar-refractivity contribution is 0.460. The van der Waals surface area contributed by atoms with E-state index < -0.39 is 0 Å². The van der Waals surface area contributed by atoms with Crippen LogP contribution >= 0.6 is 0 Å². The third-order valence-corrected chi connectivity index (χ3v) is 3.26. The van der Waals surface area contributed by atoms with Gasteiger partial charge in [0.25, 0.3) is 0 Å². The molecule has 2 heteroatoms. The third kappa shape index (κ3) is 7.02. The summed E-state index contributed by atoms with van der Waals surface area (Å²) < 4.78 is 11.8. The van der Waals surface area contributed by atoms with Crippen molar-refractivity contribution in [3.05, 3.63) is 83.9 Å². The van der Waals surface area contributed by atoms with E-state index in [1.807, 2.05) is 114 Å². The maximum atomic E-state index is 5.88. The van der Waals surface area contributed by atoms with Crippen molar-refractivity contribution in [3.8, 4) is 23.0 Å². The van der Waals surface area contributed by atoms with Crippen LogP contribution in [0.4, 0.5) is 0 Å². The molecule has 0 N–H and O–H groups in total. The molecule has 3 aromatic rings. The molecule has 0 heterocycles. The van der Waals surface area contributed by atoms with Gasteiger partial charge in [-0.05, 0) is 61.4 Å². The highest BCUT2D eigenvalue weighted by molar-refractivity contribution is 5.40. The molecule has 0 atom stereocenters. The van der Waals surface area contributed by atoms with Gasteiger partial charge >= 0.3 is 0 Å². The Hall–Kier alpha value is -2.74. The van der Waals surface area contributed by atoms with Gasteiger partial charge in [-0.3, -0.25) is 0 Å².